The zero-order valence-electron chi connectivity index (χ0n) is 14.4. The highest BCUT2D eigenvalue weighted by molar-refractivity contribution is 7.92. The van der Waals surface area contributed by atoms with E-state index in [1.165, 1.54) is 0 Å². The van der Waals surface area contributed by atoms with Gasteiger partial charge in [0.1, 0.15) is 12.4 Å². The van der Waals surface area contributed by atoms with Crippen molar-refractivity contribution in [1.29, 1.82) is 0 Å². The van der Waals surface area contributed by atoms with E-state index < -0.39 is 10.0 Å². The lowest BCUT2D eigenvalue weighted by Gasteiger charge is -2.31. The summed E-state index contributed by atoms with van der Waals surface area (Å²) in [5.74, 6) is 0.904. The number of imidazole rings is 1. The molecule has 2 aromatic rings. The Bertz CT molecular complexity index is 790. The molecule has 2 N–H and O–H groups in total. The van der Waals surface area contributed by atoms with Crippen LogP contribution in [-0.2, 0) is 16.6 Å². The Labute approximate surface area is 148 Å². The number of hydrogen-bond acceptors (Lipinski definition) is 5. The van der Waals surface area contributed by atoms with Crippen molar-refractivity contribution >= 4 is 21.4 Å². The van der Waals surface area contributed by atoms with E-state index in [0.29, 0.717) is 25.3 Å². The molecular weight excluding hydrogens is 340 g/mol. The second kappa shape index (κ2) is 7.77. The molecule has 8 heteroatoms. The number of hydrogen-bond donors (Lipinski definition) is 2. The molecule has 0 saturated carbocycles. The molecule has 3 rings (SSSR count). The smallest absolute Gasteiger partial charge is 0.232 e. The Morgan fingerprint density at radius 2 is 2.24 bits per heavy atom. The summed E-state index contributed by atoms with van der Waals surface area (Å²) in [4.78, 5) is 9.35. The second-order valence-electron chi connectivity index (χ2n) is 6.14. The summed E-state index contributed by atoms with van der Waals surface area (Å²) in [6.45, 7) is 4.02. The third kappa shape index (κ3) is 4.66. The molecule has 2 heterocycles. The first-order valence-corrected chi connectivity index (χ1v) is 10.2. The van der Waals surface area contributed by atoms with Crippen LogP contribution in [0.5, 0.6) is 5.75 Å². The second-order valence-corrected chi connectivity index (χ2v) is 7.98. The van der Waals surface area contributed by atoms with Gasteiger partial charge in [-0.2, -0.15) is 0 Å². The minimum absolute atomic E-state index is 0.144. The molecule has 1 aromatic heterocycles. The number of fused-ring (bicyclic) bond motifs is 1. The number of benzene rings is 1. The van der Waals surface area contributed by atoms with Gasteiger partial charge in [-0.05, 0) is 24.6 Å². The van der Waals surface area contributed by atoms with Crippen LogP contribution in [0.3, 0.4) is 0 Å². The van der Waals surface area contributed by atoms with Crippen molar-refractivity contribution in [2.24, 2.45) is 0 Å². The fourth-order valence-corrected chi connectivity index (χ4v) is 4.02. The van der Waals surface area contributed by atoms with E-state index in [0.717, 1.165) is 36.5 Å². The lowest BCUT2D eigenvalue weighted by molar-refractivity contribution is 0.307. The van der Waals surface area contributed by atoms with Gasteiger partial charge in [0.2, 0.25) is 10.0 Å². The highest BCUT2D eigenvalue weighted by Gasteiger charge is 2.20. The van der Waals surface area contributed by atoms with Gasteiger partial charge in [0.15, 0.2) is 0 Å². The molecule has 25 heavy (non-hydrogen) atoms. The highest BCUT2D eigenvalue weighted by Crippen LogP contribution is 2.35. The van der Waals surface area contributed by atoms with Crippen LogP contribution in [0.1, 0.15) is 31.9 Å². The molecule has 0 bridgehead atoms. The lowest BCUT2D eigenvalue weighted by atomic mass is 10.2. The fraction of sp³-hybridized carbons (Fsp3) is 0.471. The summed E-state index contributed by atoms with van der Waals surface area (Å²) in [5.41, 5.74) is 2.37. The Morgan fingerprint density at radius 3 is 3.00 bits per heavy atom. The molecule has 0 unspecified atom stereocenters. The zero-order valence-corrected chi connectivity index (χ0v) is 15.2. The number of rotatable bonds is 8. The standard InChI is InChI=1S/C17H24N4O3S/c1-2-3-4-9-25(22,23)20-14-5-6-17-16(10-14)21(7-8-24-17)12-15-11-18-13-19-15/h5-6,10-11,13,20H,2-4,7-9,12H2,1H3,(H,18,19). The van der Waals surface area contributed by atoms with E-state index in [9.17, 15) is 8.42 Å². The van der Waals surface area contributed by atoms with E-state index in [1.54, 1.807) is 12.4 Å². The first-order chi connectivity index (χ1) is 12.1. The first-order valence-electron chi connectivity index (χ1n) is 8.57. The van der Waals surface area contributed by atoms with Crippen molar-refractivity contribution in [1.82, 2.24) is 9.97 Å². The molecule has 0 atom stereocenters. The molecule has 0 spiro atoms. The molecule has 0 fully saturated rings. The molecule has 0 aliphatic carbocycles. The Morgan fingerprint density at radius 1 is 1.36 bits per heavy atom. The number of sulfonamides is 1. The normalized spacial score (nSPS) is 14.0. The lowest BCUT2D eigenvalue weighted by Crippen LogP contribution is -2.32. The summed E-state index contributed by atoms with van der Waals surface area (Å²) in [7, 11) is -3.33. The van der Waals surface area contributed by atoms with Gasteiger partial charge in [-0.15, -0.1) is 0 Å². The molecular formula is C17H24N4O3S. The van der Waals surface area contributed by atoms with E-state index >= 15 is 0 Å². The van der Waals surface area contributed by atoms with Gasteiger partial charge in [-0.3, -0.25) is 4.72 Å². The van der Waals surface area contributed by atoms with Crippen molar-refractivity contribution in [3.05, 3.63) is 36.4 Å². The summed E-state index contributed by atoms with van der Waals surface area (Å²) >= 11 is 0. The topological polar surface area (TPSA) is 87.3 Å². The maximum absolute atomic E-state index is 12.2. The van der Waals surface area contributed by atoms with Gasteiger partial charge in [-0.25, -0.2) is 13.4 Å². The SMILES string of the molecule is CCCCCS(=O)(=O)Nc1ccc2c(c1)N(Cc1c[nH]cn1)CCO2. The monoisotopic (exact) mass is 364 g/mol. The average molecular weight is 364 g/mol. The molecule has 1 aliphatic rings. The summed E-state index contributed by atoms with van der Waals surface area (Å²) < 4.78 is 32.8. The van der Waals surface area contributed by atoms with Gasteiger partial charge in [-0.1, -0.05) is 19.8 Å². The van der Waals surface area contributed by atoms with E-state index in [4.69, 9.17) is 4.74 Å². The molecule has 1 aromatic carbocycles. The van der Waals surface area contributed by atoms with Gasteiger partial charge in [0.25, 0.3) is 0 Å². The average Bonchev–Trinajstić information content (AvgIpc) is 3.08. The van der Waals surface area contributed by atoms with Crippen LogP contribution in [-0.4, -0.2) is 37.3 Å². The number of ether oxygens (including phenoxy) is 1. The van der Waals surface area contributed by atoms with Crippen LogP contribution in [0.4, 0.5) is 11.4 Å². The largest absolute Gasteiger partial charge is 0.490 e. The highest BCUT2D eigenvalue weighted by atomic mass is 32.2. The molecule has 136 valence electrons. The summed E-state index contributed by atoms with van der Waals surface area (Å²) in [5, 5.41) is 0. The molecule has 7 nitrogen and oxygen atoms in total. The van der Waals surface area contributed by atoms with Crippen LogP contribution >= 0.6 is 0 Å². The summed E-state index contributed by atoms with van der Waals surface area (Å²) in [6.07, 6.45) is 6.09. The van der Waals surface area contributed by atoms with Crippen LogP contribution in [0, 0.1) is 0 Å². The first kappa shape index (κ1) is 17.6. The number of aromatic nitrogens is 2. The predicted molar refractivity (Wildman–Crippen MR) is 98.5 cm³/mol. The van der Waals surface area contributed by atoms with Crippen molar-refractivity contribution in [3.8, 4) is 5.75 Å². The fourth-order valence-electron chi connectivity index (χ4n) is 2.85. The molecule has 0 radical (unpaired) electrons. The summed E-state index contributed by atoms with van der Waals surface area (Å²) in [6, 6.07) is 5.39. The van der Waals surface area contributed by atoms with Crippen molar-refractivity contribution in [3.63, 3.8) is 0 Å². The molecule has 0 saturated heterocycles. The maximum atomic E-state index is 12.2. The zero-order chi connectivity index (χ0) is 17.7. The molecule has 1 aliphatic heterocycles. The van der Waals surface area contributed by atoms with Crippen LogP contribution in [0.25, 0.3) is 0 Å². The van der Waals surface area contributed by atoms with E-state index in [1.807, 2.05) is 18.3 Å². The van der Waals surface area contributed by atoms with Crippen LogP contribution < -0.4 is 14.4 Å². The third-order valence-corrected chi connectivity index (χ3v) is 5.49. The number of H-pyrrole nitrogens is 1. The molecule has 0 amide bonds. The van der Waals surface area contributed by atoms with Crippen molar-refractivity contribution < 1.29 is 13.2 Å². The quantitative estimate of drug-likeness (QED) is 0.703. The Kier molecular flexibility index (Phi) is 5.47. The predicted octanol–water partition coefficient (Wildman–Crippen LogP) is 2.74. The van der Waals surface area contributed by atoms with Gasteiger partial charge in [0, 0.05) is 6.20 Å². The van der Waals surface area contributed by atoms with Crippen molar-refractivity contribution in [2.45, 2.75) is 32.7 Å². The minimum atomic E-state index is -3.33. The number of nitrogens with zero attached hydrogens (tertiary/aromatic N) is 2. The van der Waals surface area contributed by atoms with Gasteiger partial charge < -0.3 is 14.6 Å². The number of unbranched alkanes of at least 4 members (excludes halogenated alkanes) is 2. The van der Waals surface area contributed by atoms with E-state index in [2.05, 4.69) is 26.5 Å². The van der Waals surface area contributed by atoms with Crippen LogP contribution in [0.2, 0.25) is 0 Å². The number of anilines is 2. The maximum Gasteiger partial charge on any atom is 0.232 e. The Hall–Kier alpha value is -2.22. The van der Waals surface area contributed by atoms with E-state index in [-0.39, 0.29) is 5.75 Å². The van der Waals surface area contributed by atoms with Gasteiger partial charge >= 0.3 is 0 Å². The van der Waals surface area contributed by atoms with Crippen molar-refractivity contribution in [2.75, 3.05) is 28.5 Å². The Balaban J connectivity index is 1.75. The third-order valence-electron chi connectivity index (χ3n) is 4.12. The minimum Gasteiger partial charge on any atom is -0.490 e. The van der Waals surface area contributed by atoms with Gasteiger partial charge in [0.05, 0.1) is 42.2 Å². The van der Waals surface area contributed by atoms with Crippen LogP contribution in [0.15, 0.2) is 30.7 Å². The number of nitrogens with one attached hydrogen (secondary N) is 2. The number of aromatic amines is 1.